The van der Waals surface area contributed by atoms with Gasteiger partial charge in [0.2, 0.25) is 0 Å². The van der Waals surface area contributed by atoms with Gasteiger partial charge in [0, 0.05) is 11.9 Å². The second kappa shape index (κ2) is 7.02. The smallest absolute Gasteiger partial charge is 0.450 e. The summed E-state index contributed by atoms with van der Waals surface area (Å²) in [5.41, 5.74) is 1.17. The van der Waals surface area contributed by atoms with E-state index in [1.165, 1.54) is 5.69 Å². The van der Waals surface area contributed by atoms with Crippen molar-refractivity contribution >= 4 is 18.4 Å². The Morgan fingerprint density at radius 2 is 2.21 bits per heavy atom. The lowest BCUT2D eigenvalue weighted by Crippen LogP contribution is -1.89. The van der Waals surface area contributed by atoms with Gasteiger partial charge in [-0.25, -0.2) is 9.78 Å². The maximum Gasteiger partial charge on any atom is 0.503 e. The van der Waals surface area contributed by atoms with Crippen LogP contribution in [0.1, 0.15) is 19.0 Å². The molecule has 0 atom stereocenters. The van der Waals surface area contributed by atoms with Gasteiger partial charge >= 0.3 is 6.16 Å². The van der Waals surface area contributed by atoms with Crippen molar-refractivity contribution in [2.24, 2.45) is 0 Å². The molecule has 0 unspecified atom stereocenters. The molecule has 0 aliphatic heterocycles. The van der Waals surface area contributed by atoms with E-state index in [0.29, 0.717) is 4.77 Å². The molecule has 0 bridgehead atoms. The molecule has 1 rings (SSSR count). The SMILES string of the molecule is CCCc1ccnc(=S)[nH]1.O=C(O)O. The van der Waals surface area contributed by atoms with Crippen LogP contribution < -0.4 is 0 Å². The molecule has 0 spiro atoms. The van der Waals surface area contributed by atoms with Crippen molar-refractivity contribution in [2.75, 3.05) is 0 Å². The van der Waals surface area contributed by atoms with Gasteiger partial charge in [0.25, 0.3) is 0 Å². The molecule has 0 aliphatic carbocycles. The summed E-state index contributed by atoms with van der Waals surface area (Å²) in [4.78, 5) is 15.4. The minimum atomic E-state index is -1.83. The van der Waals surface area contributed by atoms with Gasteiger partial charge in [0.1, 0.15) is 0 Å². The zero-order valence-electron chi connectivity index (χ0n) is 7.73. The number of carboxylic acid groups (broad SMARTS) is 2. The van der Waals surface area contributed by atoms with E-state index >= 15 is 0 Å². The van der Waals surface area contributed by atoms with Crippen LogP contribution in [-0.4, -0.2) is 26.3 Å². The van der Waals surface area contributed by atoms with Gasteiger partial charge in [0.15, 0.2) is 4.77 Å². The lowest BCUT2D eigenvalue weighted by molar-refractivity contribution is 0.137. The molecule has 0 radical (unpaired) electrons. The van der Waals surface area contributed by atoms with Crippen molar-refractivity contribution in [3.8, 4) is 0 Å². The zero-order chi connectivity index (χ0) is 11.0. The molecule has 1 heterocycles. The summed E-state index contributed by atoms with van der Waals surface area (Å²) in [5, 5.41) is 13.9. The summed E-state index contributed by atoms with van der Waals surface area (Å²) in [5.74, 6) is 0. The topological polar surface area (TPSA) is 86.2 Å². The molecule has 0 aliphatic rings. The number of nitrogens with one attached hydrogen (secondary N) is 1. The first-order chi connectivity index (χ1) is 6.56. The first-order valence-electron chi connectivity index (χ1n) is 4.02. The summed E-state index contributed by atoms with van der Waals surface area (Å²) < 4.78 is 0.575. The summed E-state index contributed by atoms with van der Waals surface area (Å²) in [7, 11) is 0. The number of aromatic nitrogens is 2. The second-order valence-corrected chi connectivity index (χ2v) is 2.82. The molecule has 1 aromatic rings. The third-order valence-electron chi connectivity index (χ3n) is 1.25. The highest BCUT2D eigenvalue weighted by molar-refractivity contribution is 7.71. The van der Waals surface area contributed by atoms with Gasteiger partial charge in [-0.2, -0.15) is 0 Å². The monoisotopic (exact) mass is 216 g/mol. The van der Waals surface area contributed by atoms with Gasteiger partial charge in [-0.1, -0.05) is 13.3 Å². The molecule has 5 nitrogen and oxygen atoms in total. The predicted molar refractivity (Wildman–Crippen MR) is 54.1 cm³/mol. The highest BCUT2D eigenvalue weighted by Crippen LogP contribution is 1.95. The Morgan fingerprint density at radius 3 is 2.64 bits per heavy atom. The molecule has 6 heteroatoms. The first kappa shape index (κ1) is 12.6. The first-order valence-corrected chi connectivity index (χ1v) is 4.43. The van der Waals surface area contributed by atoms with Crippen LogP contribution in [0.15, 0.2) is 12.3 Å². The minimum absolute atomic E-state index is 0.575. The average molecular weight is 216 g/mol. The Kier molecular flexibility index (Phi) is 6.30. The minimum Gasteiger partial charge on any atom is -0.450 e. The van der Waals surface area contributed by atoms with Crippen LogP contribution in [0.3, 0.4) is 0 Å². The Hall–Kier alpha value is -1.43. The highest BCUT2D eigenvalue weighted by Gasteiger charge is 1.87. The lowest BCUT2D eigenvalue weighted by atomic mass is 10.2. The van der Waals surface area contributed by atoms with E-state index in [1.54, 1.807) is 6.20 Å². The van der Waals surface area contributed by atoms with Crippen molar-refractivity contribution in [2.45, 2.75) is 19.8 Å². The standard InChI is InChI=1S/C7H10N2S.CH2O3/c1-2-3-6-4-5-8-7(10)9-6;2-1(3)4/h4-5H,2-3H2,1H3,(H,8,9,10);(H2,2,3,4). The van der Waals surface area contributed by atoms with Crippen molar-refractivity contribution in [1.29, 1.82) is 0 Å². The van der Waals surface area contributed by atoms with Gasteiger partial charge in [-0.05, 0) is 24.7 Å². The average Bonchev–Trinajstić information content (AvgIpc) is 2.03. The van der Waals surface area contributed by atoms with Crippen molar-refractivity contribution in [1.82, 2.24) is 9.97 Å². The number of hydrogen-bond donors (Lipinski definition) is 3. The zero-order valence-corrected chi connectivity index (χ0v) is 8.54. The van der Waals surface area contributed by atoms with Crippen LogP contribution in [0.5, 0.6) is 0 Å². The van der Waals surface area contributed by atoms with E-state index in [2.05, 4.69) is 16.9 Å². The third kappa shape index (κ3) is 7.23. The second-order valence-electron chi connectivity index (χ2n) is 2.43. The summed E-state index contributed by atoms with van der Waals surface area (Å²) in [6.45, 7) is 2.14. The van der Waals surface area contributed by atoms with Crippen LogP contribution in [0, 0.1) is 4.77 Å². The molecule has 3 N–H and O–H groups in total. The van der Waals surface area contributed by atoms with E-state index < -0.39 is 6.16 Å². The number of aryl methyl sites for hydroxylation is 1. The maximum absolute atomic E-state index is 8.56. The third-order valence-corrected chi connectivity index (χ3v) is 1.46. The maximum atomic E-state index is 8.56. The van der Waals surface area contributed by atoms with Crippen molar-refractivity contribution in [3.63, 3.8) is 0 Å². The fourth-order valence-corrected chi connectivity index (χ4v) is 1.01. The highest BCUT2D eigenvalue weighted by atomic mass is 32.1. The molecule has 1 aromatic heterocycles. The van der Waals surface area contributed by atoms with E-state index in [9.17, 15) is 0 Å². The molecule has 0 aromatic carbocycles. The van der Waals surface area contributed by atoms with Crippen LogP contribution in [0.4, 0.5) is 4.79 Å². The number of H-pyrrole nitrogens is 1. The normalized spacial score (nSPS) is 8.64. The van der Waals surface area contributed by atoms with Crippen LogP contribution in [0.2, 0.25) is 0 Å². The van der Waals surface area contributed by atoms with Gasteiger partial charge in [0.05, 0.1) is 0 Å². The summed E-state index contributed by atoms with van der Waals surface area (Å²) in [6.07, 6.45) is 2.09. The summed E-state index contributed by atoms with van der Waals surface area (Å²) in [6, 6.07) is 1.96. The molecule has 14 heavy (non-hydrogen) atoms. The van der Waals surface area contributed by atoms with Crippen LogP contribution >= 0.6 is 12.2 Å². The molecular weight excluding hydrogens is 204 g/mol. The molecule has 0 saturated heterocycles. The van der Waals surface area contributed by atoms with Crippen molar-refractivity contribution in [3.05, 3.63) is 22.7 Å². The fraction of sp³-hybridized carbons (Fsp3) is 0.375. The van der Waals surface area contributed by atoms with E-state index in [4.69, 9.17) is 27.2 Å². The molecule has 0 amide bonds. The molecule has 0 fully saturated rings. The van der Waals surface area contributed by atoms with Gasteiger partial charge < -0.3 is 15.2 Å². The van der Waals surface area contributed by atoms with Crippen LogP contribution in [0.25, 0.3) is 0 Å². The largest absolute Gasteiger partial charge is 0.503 e. The Balaban J connectivity index is 0.000000364. The van der Waals surface area contributed by atoms with E-state index in [-0.39, 0.29) is 0 Å². The van der Waals surface area contributed by atoms with Crippen molar-refractivity contribution < 1.29 is 15.0 Å². The summed E-state index contributed by atoms with van der Waals surface area (Å²) >= 11 is 4.85. The van der Waals surface area contributed by atoms with Gasteiger partial charge in [-0.15, -0.1) is 0 Å². The van der Waals surface area contributed by atoms with E-state index in [0.717, 1.165) is 12.8 Å². The number of rotatable bonds is 2. The Bertz CT molecular complexity index is 333. The van der Waals surface area contributed by atoms with E-state index in [1.807, 2.05) is 6.07 Å². The van der Waals surface area contributed by atoms with Gasteiger partial charge in [-0.3, -0.25) is 0 Å². The fourth-order valence-electron chi connectivity index (χ4n) is 0.821. The molecule has 78 valence electrons. The number of carbonyl (C=O) groups is 1. The quantitative estimate of drug-likeness (QED) is 0.660. The lowest BCUT2D eigenvalue weighted by Gasteiger charge is -1.95. The Labute approximate surface area is 86.4 Å². The number of aromatic amines is 1. The number of nitrogens with zero attached hydrogens (tertiary/aromatic N) is 1. The predicted octanol–water partition coefficient (Wildman–Crippen LogP) is 2.31. The van der Waals surface area contributed by atoms with Crippen LogP contribution in [-0.2, 0) is 6.42 Å². The molecule has 0 saturated carbocycles. The number of hydrogen-bond acceptors (Lipinski definition) is 3. The molecular formula is C8H12N2O3S. The Morgan fingerprint density at radius 1 is 1.64 bits per heavy atom.